The van der Waals surface area contributed by atoms with E-state index in [0.29, 0.717) is 16.9 Å². The number of halogens is 2. The van der Waals surface area contributed by atoms with Crippen molar-refractivity contribution in [1.29, 1.82) is 0 Å². The highest BCUT2D eigenvalue weighted by molar-refractivity contribution is 7.80. The normalized spacial score (nSPS) is 10.3. The number of hydrogen-bond acceptors (Lipinski definition) is 2. The predicted octanol–water partition coefficient (Wildman–Crippen LogP) is 3.49. The van der Waals surface area contributed by atoms with E-state index in [1.54, 1.807) is 12.1 Å². The molecule has 0 saturated carbocycles. The number of ether oxygens (including phenoxy) is 1. The highest BCUT2D eigenvalue weighted by atomic mass is 32.1. The number of thiocarbonyl (C=S) groups is 1. The summed E-state index contributed by atoms with van der Waals surface area (Å²) >= 11 is 4.88. The maximum absolute atomic E-state index is 13.2. The third kappa shape index (κ3) is 3.30. The fourth-order valence-electron chi connectivity index (χ4n) is 1.79. The molecule has 0 bridgehead atoms. The summed E-state index contributed by atoms with van der Waals surface area (Å²) in [6, 6.07) is 8.42. The van der Waals surface area contributed by atoms with E-state index in [2.05, 4.69) is 0 Å². The van der Waals surface area contributed by atoms with Gasteiger partial charge in [-0.2, -0.15) is 0 Å². The molecule has 0 aromatic heterocycles. The van der Waals surface area contributed by atoms with Crippen molar-refractivity contribution in [3.05, 3.63) is 64.7 Å². The van der Waals surface area contributed by atoms with E-state index >= 15 is 0 Å². The summed E-state index contributed by atoms with van der Waals surface area (Å²) < 4.78 is 31.9. The van der Waals surface area contributed by atoms with Crippen LogP contribution in [0.2, 0.25) is 0 Å². The van der Waals surface area contributed by atoms with Gasteiger partial charge < -0.3 is 10.5 Å². The van der Waals surface area contributed by atoms with Gasteiger partial charge in [0.1, 0.15) is 29.0 Å². The van der Waals surface area contributed by atoms with Gasteiger partial charge in [-0.05, 0) is 36.2 Å². The van der Waals surface area contributed by atoms with Crippen LogP contribution in [0.1, 0.15) is 16.7 Å². The van der Waals surface area contributed by atoms with Crippen LogP contribution in [0.5, 0.6) is 5.75 Å². The minimum Gasteiger partial charge on any atom is -0.489 e. The summed E-state index contributed by atoms with van der Waals surface area (Å²) in [5, 5.41) is 0. The van der Waals surface area contributed by atoms with E-state index < -0.39 is 5.82 Å². The minimum atomic E-state index is -0.418. The molecule has 0 aliphatic rings. The Morgan fingerprint density at radius 1 is 1.15 bits per heavy atom. The van der Waals surface area contributed by atoms with Crippen LogP contribution in [0, 0.1) is 18.6 Å². The van der Waals surface area contributed by atoms with Gasteiger partial charge in [-0.25, -0.2) is 8.78 Å². The second kappa shape index (κ2) is 5.96. The highest BCUT2D eigenvalue weighted by Crippen LogP contribution is 2.21. The second-order valence-electron chi connectivity index (χ2n) is 4.36. The third-order valence-corrected chi connectivity index (χ3v) is 3.09. The summed E-state index contributed by atoms with van der Waals surface area (Å²) in [4.78, 5) is 0.0964. The summed E-state index contributed by atoms with van der Waals surface area (Å²) in [5.41, 5.74) is 7.45. The largest absolute Gasteiger partial charge is 0.489 e. The molecule has 104 valence electrons. The average Bonchev–Trinajstić information content (AvgIpc) is 2.40. The van der Waals surface area contributed by atoms with E-state index in [1.165, 1.54) is 24.3 Å². The van der Waals surface area contributed by atoms with Gasteiger partial charge in [0, 0.05) is 11.6 Å². The Hall–Kier alpha value is -2.01. The predicted molar refractivity (Wildman–Crippen MR) is 77.8 cm³/mol. The Bertz CT molecular complexity index is 658. The number of nitrogens with two attached hydrogens (primary N) is 1. The van der Waals surface area contributed by atoms with Gasteiger partial charge in [0.05, 0.1) is 0 Å². The maximum atomic E-state index is 13.2. The first-order chi connectivity index (χ1) is 9.47. The van der Waals surface area contributed by atoms with E-state index in [1.807, 2.05) is 6.92 Å². The highest BCUT2D eigenvalue weighted by Gasteiger charge is 2.09. The van der Waals surface area contributed by atoms with E-state index in [0.717, 1.165) is 5.56 Å². The van der Waals surface area contributed by atoms with Crippen molar-refractivity contribution in [3.63, 3.8) is 0 Å². The lowest BCUT2D eigenvalue weighted by Crippen LogP contribution is -2.14. The van der Waals surface area contributed by atoms with E-state index in [4.69, 9.17) is 22.7 Å². The van der Waals surface area contributed by atoms with Gasteiger partial charge in [0.2, 0.25) is 0 Å². The second-order valence-corrected chi connectivity index (χ2v) is 4.80. The van der Waals surface area contributed by atoms with Gasteiger partial charge in [-0.15, -0.1) is 0 Å². The molecule has 0 aliphatic heterocycles. The fraction of sp³-hybridized carbons (Fsp3) is 0.133. The molecule has 0 atom stereocenters. The number of benzene rings is 2. The zero-order chi connectivity index (χ0) is 14.7. The van der Waals surface area contributed by atoms with Crippen LogP contribution < -0.4 is 10.5 Å². The smallest absolute Gasteiger partial charge is 0.126 e. The van der Waals surface area contributed by atoms with Crippen molar-refractivity contribution in [2.45, 2.75) is 13.5 Å². The van der Waals surface area contributed by atoms with Crippen molar-refractivity contribution in [1.82, 2.24) is 0 Å². The van der Waals surface area contributed by atoms with Crippen LogP contribution in [-0.2, 0) is 6.61 Å². The molecule has 0 heterocycles. The van der Waals surface area contributed by atoms with Crippen LogP contribution in [0.3, 0.4) is 0 Å². The maximum Gasteiger partial charge on any atom is 0.126 e. The molecular formula is C15H13F2NOS. The van der Waals surface area contributed by atoms with Gasteiger partial charge in [0.25, 0.3) is 0 Å². The molecule has 0 aliphatic carbocycles. The van der Waals surface area contributed by atoms with Gasteiger partial charge in [-0.1, -0.05) is 24.4 Å². The minimum absolute atomic E-state index is 0.0964. The number of aryl methyl sites for hydroxylation is 1. The van der Waals surface area contributed by atoms with E-state index in [-0.39, 0.29) is 17.4 Å². The molecule has 0 unspecified atom stereocenters. The molecule has 0 amide bonds. The molecule has 2 rings (SSSR count). The van der Waals surface area contributed by atoms with Crippen LogP contribution in [0.25, 0.3) is 0 Å². The SMILES string of the molecule is Cc1ccc(F)cc1OCc1ccc(F)cc1C(N)=S. The van der Waals surface area contributed by atoms with Crippen LogP contribution in [-0.4, -0.2) is 4.99 Å². The lowest BCUT2D eigenvalue weighted by Gasteiger charge is -2.12. The zero-order valence-corrected chi connectivity index (χ0v) is 11.6. The first-order valence-corrected chi connectivity index (χ1v) is 6.35. The molecule has 0 spiro atoms. The van der Waals surface area contributed by atoms with Crippen molar-refractivity contribution in [2.24, 2.45) is 5.73 Å². The van der Waals surface area contributed by atoms with Crippen molar-refractivity contribution in [2.75, 3.05) is 0 Å². The Morgan fingerprint density at radius 2 is 1.80 bits per heavy atom. The van der Waals surface area contributed by atoms with Gasteiger partial charge >= 0.3 is 0 Å². The van der Waals surface area contributed by atoms with Crippen LogP contribution >= 0.6 is 12.2 Å². The summed E-state index contributed by atoms with van der Waals surface area (Å²) in [5.74, 6) is -0.360. The van der Waals surface area contributed by atoms with Crippen LogP contribution in [0.15, 0.2) is 36.4 Å². The van der Waals surface area contributed by atoms with Crippen molar-refractivity contribution >= 4 is 17.2 Å². The Balaban J connectivity index is 2.23. The van der Waals surface area contributed by atoms with Crippen LogP contribution in [0.4, 0.5) is 8.78 Å². The summed E-state index contributed by atoms with van der Waals surface area (Å²) in [6.07, 6.45) is 0. The Labute approximate surface area is 121 Å². The Kier molecular flexibility index (Phi) is 4.29. The molecular weight excluding hydrogens is 280 g/mol. The molecule has 2 nitrogen and oxygen atoms in total. The quantitative estimate of drug-likeness (QED) is 0.877. The first kappa shape index (κ1) is 14.4. The fourth-order valence-corrected chi connectivity index (χ4v) is 1.98. The monoisotopic (exact) mass is 293 g/mol. The Morgan fingerprint density at radius 3 is 2.50 bits per heavy atom. The third-order valence-electron chi connectivity index (χ3n) is 2.87. The molecule has 2 aromatic rings. The topological polar surface area (TPSA) is 35.2 Å². The first-order valence-electron chi connectivity index (χ1n) is 5.94. The standard InChI is InChI=1S/C15H13F2NOS/c1-9-2-4-12(17)7-14(9)19-8-10-3-5-11(16)6-13(10)15(18)20/h2-7H,8H2,1H3,(H2,18,20). The number of hydrogen-bond donors (Lipinski definition) is 1. The molecule has 20 heavy (non-hydrogen) atoms. The number of rotatable bonds is 4. The van der Waals surface area contributed by atoms with Gasteiger partial charge in [0.15, 0.2) is 0 Å². The summed E-state index contributed by atoms with van der Waals surface area (Å²) in [7, 11) is 0. The molecule has 5 heteroatoms. The summed E-state index contributed by atoms with van der Waals surface area (Å²) in [6.45, 7) is 1.95. The van der Waals surface area contributed by atoms with E-state index in [9.17, 15) is 8.78 Å². The lowest BCUT2D eigenvalue weighted by molar-refractivity contribution is 0.302. The molecule has 0 saturated heterocycles. The van der Waals surface area contributed by atoms with Crippen molar-refractivity contribution in [3.8, 4) is 5.75 Å². The van der Waals surface area contributed by atoms with Crippen molar-refractivity contribution < 1.29 is 13.5 Å². The average molecular weight is 293 g/mol. The van der Waals surface area contributed by atoms with Gasteiger partial charge in [-0.3, -0.25) is 0 Å². The molecule has 2 N–H and O–H groups in total. The molecule has 0 radical (unpaired) electrons. The zero-order valence-electron chi connectivity index (χ0n) is 10.8. The molecule has 0 fully saturated rings. The lowest BCUT2D eigenvalue weighted by atomic mass is 10.1. The molecule has 2 aromatic carbocycles.